The number of halogens is 1. The molecule has 0 aromatic heterocycles. The molecule has 0 spiro atoms. The van der Waals surface area contributed by atoms with E-state index in [-0.39, 0.29) is 5.91 Å². The van der Waals surface area contributed by atoms with E-state index in [9.17, 15) is 4.79 Å². The van der Waals surface area contributed by atoms with Crippen LogP contribution >= 0.6 is 15.9 Å². The first kappa shape index (κ1) is 13.9. The first-order valence-electron chi connectivity index (χ1n) is 6.54. The first-order valence-corrected chi connectivity index (χ1v) is 7.34. The van der Waals surface area contributed by atoms with Crippen LogP contribution in [0.4, 0.5) is 5.69 Å². The van der Waals surface area contributed by atoms with Crippen LogP contribution in [0.3, 0.4) is 0 Å². The van der Waals surface area contributed by atoms with Gasteiger partial charge in [-0.25, -0.2) is 0 Å². The molecule has 21 heavy (non-hydrogen) atoms. The van der Waals surface area contributed by atoms with Gasteiger partial charge in [-0.05, 0) is 30.3 Å². The number of amides is 1. The van der Waals surface area contributed by atoms with Crippen molar-refractivity contribution in [3.63, 3.8) is 0 Å². The standard InChI is InChI=1S/C17H14BrNO2/c1-19-15-6-4-3-5-13(15)14(17(19)20)10-11-9-12(18)7-8-16(11)21-2/h3-10H,1-2H3/b14-10+. The second kappa shape index (κ2) is 5.37. The van der Waals surface area contributed by atoms with Gasteiger partial charge in [0.1, 0.15) is 5.75 Å². The van der Waals surface area contributed by atoms with Gasteiger partial charge in [0.05, 0.1) is 12.8 Å². The average molecular weight is 344 g/mol. The lowest BCUT2D eigenvalue weighted by molar-refractivity contribution is -0.112. The summed E-state index contributed by atoms with van der Waals surface area (Å²) in [5.74, 6) is 0.740. The number of carbonyl (C=O) groups excluding carboxylic acids is 1. The predicted octanol–water partition coefficient (Wildman–Crippen LogP) is 3.97. The topological polar surface area (TPSA) is 29.5 Å². The van der Waals surface area contributed by atoms with Gasteiger partial charge in [0.15, 0.2) is 0 Å². The van der Waals surface area contributed by atoms with Crippen LogP contribution in [0.1, 0.15) is 11.1 Å². The van der Waals surface area contributed by atoms with Crippen molar-refractivity contribution in [2.45, 2.75) is 0 Å². The highest BCUT2D eigenvalue weighted by molar-refractivity contribution is 9.10. The number of nitrogens with zero attached hydrogens (tertiary/aromatic N) is 1. The highest BCUT2D eigenvalue weighted by atomic mass is 79.9. The number of ether oxygens (including phenoxy) is 1. The van der Waals surface area contributed by atoms with Crippen molar-refractivity contribution < 1.29 is 9.53 Å². The number of benzene rings is 2. The summed E-state index contributed by atoms with van der Waals surface area (Å²) < 4.78 is 6.32. The Hall–Kier alpha value is -2.07. The zero-order valence-electron chi connectivity index (χ0n) is 11.8. The Bertz CT molecular complexity index is 752. The molecule has 2 aromatic carbocycles. The van der Waals surface area contributed by atoms with Crippen molar-refractivity contribution in [2.24, 2.45) is 0 Å². The summed E-state index contributed by atoms with van der Waals surface area (Å²) in [5.41, 5.74) is 3.44. The Kier molecular flexibility index (Phi) is 3.55. The molecule has 0 aliphatic carbocycles. The average Bonchev–Trinajstić information content (AvgIpc) is 2.73. The quantitative estimate of drug-likeness (QED) is 0.772. The molecule has 0 bridgehead atoms. The van der Waals surface area contributed by atoms with Gasteiger partial charge in [-0.3, -0.25) is 4.79 Å². The minimum Gasteiger partial charge on any atom is -0.496 e. The zero-order chi connectivity index (χ0) is 15.0. The summed E-state index contributed by atoms with van der Waals surface area (Å²) in [7, 11) is 3.42. The van der Waals surface area contributed by atoms with E-state index in [0.29, 0.717) is 5.57 Å². The molecule has 106 valence electrons. The van der Waals surface area contributed by atoms with E-state index in [1.165, 1.54) is 0 Å². The molecule has 3 nitrogen and oxygen atoms in total. The molecule has 0 atom stereocenters. The second-order valence-corrected chi connectivity index (χ2v) is 5.74. The molecule has 0 unspecified atom stereocenters. The monoisotopic (exact) mass is 343 g/mol. The first-order chi connectivity index (χ1) is 10.1. The highest BCUT2D eigenvalue weighted by Gasteiger charge is 2.29. The SMILES string of the molecule is COc1ccc(Br)cc1/C=C1/C(=O)N(C)c2ccccc21. The Morgan fingerprint density at radius 1 is 1.19 bits per heavy atom. The Morgan fingerprint density at radius 3 is 2.71 bits per heavy atom. The minimum absolute atomic E-state index is 0.00164. The number of carbonyl (C=O) groups is 1. The van der Waals surface area contributed by atoms with E-state index >= 15 is 0 Å². The number of hydrogen-bond acceptors (Lipinski definition) is 2. The van der Waals surface area contributed by atoms with Crippen molar-refractivity contribution in [3.8, 4) is 5.75 Å². The van der Waals surface area contributed by atoms with Crippen molar-refractivity contribution in [1.82, 2.24) is 0 Å². The van der Waals surface area contributed by atoms with Crippen LogP contribution in [0, 0.1) is 0 Å². The number of fused-ring (bicyclic) bond motifs is 1. The molecular weight excluding hydrogens is 330 g/mol. The smallest absolute Gasteiger partial charge is 0.258 e. The summed E-state index contributed by atoms with van der Waals surface area (Å²) in [4.78, 5) is 14.1. The van der Waals surface area contributed by atoms with Gasteiger partial charge >= 0.3 is 0 Å². The molecule has 0 N–H and O–H groups in total. The molecule has 3 rings (SSSR count). The van der Waals surface area contributed by atoms with E-state index in [4.69, 9.17) is 4.74 Å². The third-order valence-corrected chi connectivity index (χ3v) is 4.08. The molecule has 4 heteroatoms. The van der Waals surface area contributed by atoms with Crippen molar-refractivity contribution in [2.75, 3.05) is 19.1 Å². The summed E-state index contributed by atoms with van der Waals surface area (Å²) in [5, 5.41) is 0. The van der Waals surface area contributed by atoms with Crippen LogP contribution in [0.5, 0.6) is 5.75 Å². The fourth-order valence-corrected chi connectivity index (χ4v) is 2.89. The van der Waals surface area contributed by atoms with E-state index < -0.39 is 0 Å². The Labute approximate surface area is 132 Å². The number of anilines is 1. The molecule has 2 aromatic rings. The number of methoxy groups -OCH3 is 1. The fraction of sp³-hybridized carbons (Fsp3) is 0.118. The normalized spacial score (nSPS) is 15.5. The van der Waals surface area contributed by atoms with E-state index in [2.05, 4.69) is 15.9 Å². The molecule has 0 saturated heterocycles. The van der Waals surface area contributed by atoms with Crippen LogP contribution in [0.2, 0.25) is 0 Å². The molecule has 1 heterocycles. The second-order valence-electron chi connectivity index (χ2n) is 4.83. The molecule has 0 saturated carbocycles. The van der Waals surface area contributed by atoms with Gasteiger partial charge in [-0.2, -0.15) is 0 Å². The maximum absolute atomic E-state index is 12.5. The minimum atomic E-state index is -0.00164. The lowest BCUT2D eigenvalue weighted by Gasteiger charge is -2.08. The molecular formula is C17H14BrNO2. The number of likely N-dealkylation sites (N-methyl/N-ethyl adjacent to an activating group) is 1. The number of hydrogen-bond donors (Lipinski definition) is 0. The van der Waals surface area contributed by atoms with Gasteiger partial charge in [0.25, 0.3) is 5.91 Å². The molecule has 1 amide bonds. The van der Waals surface area contributed by atoms with Gasteiger partial charge in [0.2, 0.25) is 0 Å². The van der Waals surface area contributed by atoms with Crippen LogP contribution in [-0.4, -0.2) is 20.1 Å². The van der Waals surface area contributed by atoms with Crippen LogP contribution < -0.4 is 9.64 Å². The maximum Gasteiger partial charge on any atom is 0.258 e. The maximum atomic E-state index is 12.5. The third-order valence-electron chi connectivity index (χ3n) is 3.58. The molecule has 0 radical (unpaired) electrons. The summed E-state index contributed by atoms with van der Waals surface area (Å²) in [6, 6.07) is 13.5. The predicted molar refractivity (Wildman–Crippen MR) is 88.4 cm³/mol. The van der Waals surface area contributed by atoms with Gasteiger partial charge in [0, 0.05) is 28.2 Å². The van der Waals surface area contributed by atoms with Crippen molar-refractivity contribution in [3.05, 3.63) is 58.1 Å². The number of para-hydroxylation sites is 1. The third kappa shape index (κ3) is 2.36. The fourth-order valence-electron chi connectivity index (χ4n) is 2.51. The number of rotatable bonds is 2. The lowest BCUT2D eigenvalue weighted by Crippen LogP contribution is -2.20. The summed E-state index contributed by atoms with van der Waals surface area (Å²) in [6.45, 7) is 0. The van der Waals surface area contributed by atoms with Crippen LogP contribution in [-0.2, 0) is 4.79 Å². The highest BCUT2D eigenvalue weighted by Crippen LogP contribution is 2.37. The zero-order valence-corrected chi connectivity index (χ0v) is 13.3. The molecule has 1 aliphatic heterocycles. The molecule has 0 fully saturated rings. The van der Waals surface area contributed by atoms with E-state index in [0.717, 1.165) is 27.0 Å². The Morgan fingerprint density at radius 2 is 1.95 bits per heavy atom. The van der Waals surface area contributed by atoms with Gasteiger partial charge < -0.3 is 9.64 Å². The molecule has 1 aliphatic rings. The van der Waals surface area contributed by atoms with Crippen LogP contribution in [0.15, 0.2) is 46.9 Å². The largest absolute Gasteiger partial charge is 0.496 e. The van der Waals surface area contributed by atoms with Gasteiger partial charge in [-0.1, -0.05) is 34.1 Å². The van der Waals surface area contributed by atoms with Crippen molar-refractivity contribution in [1.29, 1.82) is 0 Å². The van der Waals surface area contributed by atoms with Gasteiger partial charge in [-0.15, -0.1) is 0 Å². The summed E-state index contributed by atoms with van der Waals surface area (Å²) >= 11 is 3.45. The van der Waals surface area contributed by atoms with E-state index in [1.807, 2.05) is 48.5 Å². The van der Waals surface area contributed by atoms with Crippen LogP contribution in [0.25, 0.3) is 11.6 Å². The van der Waals surface area contributed by atoms with Crippen molar-refractivity contribution >= 4 is 39.2 Å². The van der Waals surface area contributed by atoms with E-state index in [1.54, 1.807) is 19.1 Å². The summed E-state index contributed by atoms with van der Waals surface area (Å²) in [6.07, 6.45) is 1.88. The lowest BCUT2D eigenvalue weighted by atomic mass is 10.0. The Balaban J connectivity index is 2.17.